The van der Waals surface area contributed by atoms with E-state index in [-0.39, 0.29) is 25.3 Å². The molecule has 0 fully saturated rings. The first-order valence-corrected chi connectivity index (χ1v) is 4.91. The summed E-state index contributed by atoms with van der Waals surface area (Å²) in [6, 6.07) is 6.61. The lowest BCUT2D eigenvalue weighted by Crippen LogP contribution is -2.25. The van der Waals surface area contributed by atoms with E-state index in [2.05, 4.69) is 5.32 Å². The molecule has 0 amide bonds. The fraction of sp³-hybridized carbons (Fsp3) is 0.273. The van der Waals surface area contributed by atoms with Gasteiger partial charge in [-0.05, 0) is 24.3 Å². The number of nitrogens with one attached hydrogen (secondary N) is 1. The van der Waals surface area contributed by atoms with Crippen LogP contribution in [-0.2, 0) is 4.79 Å². The molecule has 1 aromatic carbocycles. The third-order valence-corrected chi connectivity index (χ3v) is 2.03. The molecule has 0 aliphatic heterocycles. The van der Waals surface area contributed by atoms with Crippen molar-refractivity contribution >= 4 is 17.4 Å². The molecule has 0 unspecified atom stereocenters. The number of Topliss-reactive ketones (excluding diaryl/α,β-unsaturated/α-hetero) is 1. The number of carboxylic acid groups (broad SMARTS) is 1. The van der Waals surface area contributed by atoms with Gasteiger partial charge in [0, 0.05) is 17.8 Å². The standard InChI is InChI=1S/C11H14N2O3/c12-9-3-1-8(2-4-9)10(14)7-13-6-5-11(15)16/h1-4,13H,5-7,12H2,(H,15,16). The second-order valence-electron chi connectivity index (χ2n) is 3.37. The maximum absolute atomic E-state index is 11.5. The van der Waals surface area contributed by atoms with Crippen molar-refractivity contribution in [1.82, 2.24) is 5.32 Å². The van der Waals surface area contributed by atoms with Crippen LogP contribution in [0.3, 0.4) is 0 Å². The van der Waals surface area contributed by atoms with Gasteiger partial charge in [-0.2, -0.15) is 0 Å². The van der Waals surface area contributed by atoms with Crippen LogP contribution in [0, 0.1) is 0 Å². The van der Waals surface area contributed by atoms with E-state index < -0.39 is 5.97 Å². The first kappa shape index (κ1) is 12.2. The van der Waals surface area contributed by atoms with Crippen LogP contribution in [0.5, 0.6) is 0 Å². The minimum Gasteiger partial charge on any atom is -0.481 e. The van der Waals surface area contributed by atoms with Crippen LogP contribution in [0.15, 0.2) is 24.3 Å². The highest BCUT2D eigenvalue weighted by Crippen LogP contribution is 2.05. The minimum atomic E-state index is -0.882. The molecule has 0 atom stereocenters. The minimum absolute atomic E-state index is 0.00895. The average Bonchev–Trinajstić information content (AvgIpc) is 2.25. The summed E-state index contributed by atoms with van der Waals surface area (Å²) in [6.45, 7) is 0.424. The Morgan fingerprint density at radius 1 is 1.25 bits per heavy atom. The number of aliphatic carboxylic acids is 1. The Morgan fingerprint density at radius 2 is 1.88 bits per heavy atom. The molecule has 86 valence electrons. The number of ketones is 1. The van der Waals surface area contributed by atoms with E-state index in [1.54, 1.807) is 24.3 Å². The Hall–Kier alpha value is -1.88. The quantitative estimate of drug-likeness (QED) is 0.370. The molecule has 5 nitrogen and oxygen atoms in total. The summed E-state index contributed by atoms with van der Waals surface area (Å²) in [4.78, 5) is 21.8. The molecule has 4 N–H and O–H groups in total. The predicted molar refractivity (Wildman–Crippen MR) is 60.3 cm³/mol. The Bertz CT molecular complexity index is 373. The maximum atomic E-state index is 11.5. The molecule has 0 radical (unpaired) electrons. The summed E-state index contributed by atoms with van der Waals surface area (Å²) >= 11 is 0. The molecule has 0 aromatic heterocycles. The van der Waals surface area contributed by atoms with Crippen LogP contribution in [-0.4, -0.2) is 29.9 Å². The first-order chi connectivity index (χ1) is 7.59. The number of benzene rings is 1. The normalized spacial score (nSPS) is 10.0. The Balaban J connectivity index is 2.35. The molecule has 16 heavy (non-hydrogen) atoms. The highest BCUT2D eigenvalue weighted by Gasteiger charge is 2.05. The van der Waals surface area contributed by atoms with Gasteiger partial charge >= 0.3 is 5.97 Å². The molecule has 0 spiro atoms. The summed E-state index contributed by atoms with van der Waals surface area (Å²) < 4.78 is 0. The molecular formula is C11H14N2O3. The third-order valence-electron chi connectivity index (χ3n) is 2.03. The van der Waals surface area contributed by atoms with Crippen molar-refractivity contribution in [3.8, 4) is 0 Å². The van der Waals surface area contributed by atoms with Crippen molar-refractivity contribution in [1.29, 1.82) is 0 Å². The summed E-state index contributed by atoms with van der Waals surface area (Å²) in [7, 11) is 0. The summed E-state index contributed by atoms with van der Waals surface area (Å²) in [5.74, 6) is -0.960. The van der Waals surface area contributed by atoms with Gasteiger partial charge in [0.2, 0.25) is 0 Å². The van der Waals surface area contributed by atoms with Gasteiger partial charge in [0.15, 0.2) is 5.78 Å². The van der Waals surface area contributed by atoms with Crippen LogP contribution in [0.4, 0.5) is 5.69 Å². The Kier molecular flexibility index (Phi) is 4.47. The van der Waals surface area contributed by atoms with E-state index in [1.807, 2.05) is 0 Å². The van der Waals surface area contributed by atoms with Crippen LogP contribution in [0.2, 0.25) is 0 Å². The number of carbonyl (C=O) groups excluding carboxylic acids is 1. The monoisotopic (exact) mass is 222 g/mol. The van der Waals surface area contributed by atoms with Crippen LogP contribution < -0.4 is 11.1 Å². The zero-order valence-corrected chi connectivity index (χ0v) is 8.77. The van der Waals surface area contributed by atoms with E-state index >= 15 is 0 Å². The lowest BCUT2D eigenvalue weighted by atomic mass is 10.1. The zero-order valence-electron chi connectivity index (χ0n) is 8.77. The average molecular weight is 222 g/mol. The second kappa shape index (κ2) is 5.87. The fourth-order valence-electron chi connectivity index (χ4n) is 1.17. The summed E-state index contributed by atoms with van der Waals surface area (Å²) in [6.07, 6.45) is 0.00895. The molecule has 1 aromatic rings. The van der Waals surface area contributed by atoms with Gasteiger partial charge in [0.25, 0.3) is 0 Å². The molecule has 0 aliphatic carbocycles. The molecule has 1 rings (SSSR count). The Morgan fingerprint density at radius 3 is 2.44 bits per heavy atom. The van der Waals surface area contributed by atoms with Crippen molar-refractivity contribution in [3.63, 3.8) is 0 Å². The number of hydrogen-bond donors (Lipinski definition) is 3. The molecule has 0 saturated heterocycles. The lowest BCUT2D eigenvalue weighted by molar-refractivity contribution is -0.136. The molecule has 5 heteroatoms. The molecule has 0 bridgehead atoms. The Labute approximate surface area is 93.3 Å². The smallest absolute Gasteiger partial charge is 0.304 e. The number of carboxylic acids is 1. The van der Waals surface area contributed by atoms with Crippen LogP contribution >= 0.6 is 0 Å². The van der Waals surface area contributed by atoms with Gasteiger partial charge in [-0.25, -0.2) is 0 Å². The third kappa shape index (κ3) is 4.10. The van der Waals surface area contributed by atoms with Crippen LogP contribution in [0.25, 0.3) is 0 Å². The largest absolute Gasteiger partial charge is 0.481 e. The maximum Gasteiger partial charge on any atom is 0.304 e. The lowest BCUT2D eigenvalue weighted by Gasteiger charge is -2.03. The van der Waals surface area contributed by atoms with Gasteiger partial charge in [-0.1, -0.05) is 0 Å². The highest BCUT2D eigenvalue weighted by molar-refractivity contribution is 5.97. The van der Waals surface area contributed by atoms with Gasteiger partial charge in [-0.3, -0.25) is 9.59 Å². The van der Waals surface area contributed by atoms with E-state index in [9.17, 15) is 9.59 Å². The molecule has 0 heterocycles. The van der Waals surface area contributed by atoms with Crippen molar-refractivity contribution in [3.05, 3.63) is 29.8 Å². The number of anilines is 1. The SMILES string of the molecule is Nc1ccc(C(=O)CNCCC(=O)O)cc1. The number of hydrogen-bond acceptors (Lipinski definition) is 4. The molecular weight excluding hydrogens is 208 g/mol. The van der Waals surface area contributed by atoms with Gasteiger partial charge in [0.05, 0.1) is 13.0 Å². The van der Waals surface area contributed by atoms with Crippen molar-refractivity contribution in [2.75, 3.05) is 18.8 Å². The number of nitrogen functional groups attached to an aromatic ring is 1. The number of rotatable bonds is 6. The first-order valence-electron chi connectivity index (χ1n) is 4.91. The van der Waals surface area contributed by atoms with Gasteiger partial charge in [-0.15, -0.1) is 0 Å². The molecule has 0 aliphatic rings. The van der Waals surface area contributed by atoms with E-state index in [0.29, 0.717) is 11.3 Å². The highest BCUT2D eigenvalue weighted by atomic mass is 16.4. The van der Waals surface area contributed by atoms with Crippen molar-refractivity contribution < 1.29 is 14.7 Å². The van der Waals surface area contributed by atoms with Crippen molar-refractivity contribution in [2.24, 2.45) is 0 Å². The van der Waals surface area contributed by atoms with Crippen LogP contribution in [0.1, 0.15) is 16.8 Å². The van der Waals surface area contributed by atoms with Gasteiger partial charge < -0.3 is 16.2 Å². The topological polar surface area (TPSA) is 92.4 Å². The molecule has 0 saturated carbocycles. The van der Waals surface area contributed by atoms with E-state index in [1.165, 1.54) is 0 Å². The fourth-order valence-corrected chi connectivity index (χ4v) is 1.17. The van der Waals surface area contributed by atoms with E-state index in [0.717, 1.165) is 0 Å². The summed E-state index contributed by atoms with van der Waals surface area (Å²) in [5.41, 5.74) is 6.66. The van der Waals surface area contributed by atoms with Gasteiger partial charge in [0.1, 0.15) is 0 Å². The predicted octanol–water partition coefficient (Wildman–Crippen LogP) is 0.516. The zero-order chi connectivity index (χ0) is 12.0. The number of carbonyl (C=O) groups is 2. The van der Waals surface area contributed by atoms with Crippen molar-refractivity contribution in [2.45, 2.75) is 6.42 Å². The number of nitrogens with two attached hydrogens (primary N) is 1. The summed E-state index contributed by atoms with van der Waals surface area (Å²) in [5, 5.41) is 11.2. The van der Waals surface area contributed by atoms with E-state index in [4.69, 9.17) is 10.8 Å². The second-order valence-corrected chi connectivity index (χ2v) is 3.37.